The van der Waals surface area contributed by atoms with Crippen LogP contribution in [-0.2, 0) is 5.41 Å². The lowest BCUT2D eigenvalue weighted by Gasteiger charge is -2.24. The zero-order valence-corrected chi connectivity index (χ0v) is 18.6. The van der Waals surface area contributed by atoms with Gasteiger partial charge in [0.15, 0.2) is 5.78 Å². The molecular weight excluding hydrogens is 382 g/mol. The van der Waals surface area contributed by atoms with Crippen LogP contribution in [0.5, 0.6) is 0 Å². The molecule has 31 heavy (non-hydrogen) atoms. The molecule has 0 spiro atoms. The van der Waals surface area contributed by atoms with Crippen LogP contribution in [0.25, 0.3) is 10.9 Å². The van der Waals surface area contributed by atoms with Gasteiger partial charge < -0.3 is 4.90 Å². The monoisotopic (exact) mass is 412 g/mol. The molecule has 1 fully saturated rings. The maximum absolute atomic E-state index is 13.7. The number of carbonyl (C=O) groups is 1. The average Bonchev–Trinajstić information content (AvgIpc) is 2.99. The van der Waals surface area contributed by atoms with Crippen molar-refractivity contribution in [2.24, 2.45) is 0 Å². The Labute approximate surface area is 184 Å². The van der Waals surface area contributed by atoms with Gasteiger partial charge in [-0.25, -0.2) is 4.98 Å². The molecule has 3 aromatic rings. The van der Waals surface area contributed by atoms with Gasteiger partial charge in [0, 0.05) is 46.9 Å². The Bertz CT molecular complexity index is 1190. The van der Waals surface area contributed by atoms with E-state index in [0.717, 1.165) is 41.1 Å². The Hall–Kier alpha value is -3.14. The molecule has 5 rings (SSSR count). The van der Waals surface area contributed by atoms with Gasteiger partial charge in [0.2, 0.25) is 0 Å². The van der Waals surface area contributed by atoms with Crippen molar-refractivity contribution >= 4 is 28.2 Å². The molecule has 2 aliphatic heterocycles. The van der Waals surface area contributed by atoms with Crippen molar-refractivity contribution in [1.29, 1.82) is 0 Å². The summed E-state index contributed by atoms with van der Waals surface area (Å²) < 4.78 is 0. The first kappa shape index (κ1) is 19.8. The van der Waals surface area contributed by atoms with Crippen LogP contribution in [0, 0.1) is 0 Å². The van der Waals surface area contributed by atoms with Gasteiger partial charge in [0.25, 0.3) is 5.82 Å². The van der Waals surface area contributed by atoms with Crippen molar-refractivity contribution in [3.05, 3.63) is 77.5 Å². The van der Waals surface area contributed by atoms with Crippen LogP contribution in [-0.4, -0.2) is 25.9 Å². The molecule has 0 bridgehead atoms. The van der Waals surface area contributed by atoms with E-state index in [4.69, 9.17) is 0 Å². The van der Waals surface area contributed by atoms with Gasteiger partial charge >= 0.3 is 0 Å². The number of para-hydroxylation sites is 2. The first-order chi connectivity index (χ1) is 15.0. The Morgan fingerprint density at radius 1 is 1.00 bits per heavy atom. The third-order valence-electron chi connectivity index (χ3n) is 6.93. The number of fused-ring (bicyclic) bond motifs is 2. The normalized spacial score (nSPS) is 19.1. The smallest absolute Gasteiger partial charge is 0.275 e. The summed E-state index contributed by atoms with van der Waals surface area (Å²) in [6.45, 7) is 6.47. The van der Waals surface area contributed by atoms with E-state index in [0.29, 0.717) is 0 Å². The van der Waals surface area contributed by atoms with Crippen LogP contribution >= 0.6 is 0 Å². The average molecular weight is 413 g/mol. The van der Waals surface area contributed by atoms with E-state index in [2.05, 4.69) is 72.1 Å². The highest BCUT2D eigenvalue weighted by atomic mass is 16.1. The zero-order chi connectivity index (χ0) is 21.6. The summed E-state index contributed by atoms with van der Waals surface area (Å²) in [5.41, 5.74) is 5.03. The topological polar surface area (TPSA) is 37.7 Å². The van der Waals surface area contributed by atoms with E-state index >= 15 is 0 Å². The first-order valence-electron chi connectivity index (χ1n) is 11.3. The molecule has 1 N–H and O–H groups in total. The van der Waals surface area contributed by atoms with Crippen LogP contribution in [0.3, 0.4) is 0 Å². The summed E-state index contributed by atoms with van der Waals surface area (Å²) in [5.74, 6) is 1.11. The lowest BCUT2D eigenvalue weighted by molar-refractivity contribution is -0.330. The number of allylic oxidation sites excluding steroid dienone is 2. The van der Waals surface area contributed by atoms with Crippen molar-refractivity contribution in [1.82, 2.24) is 0 Å². The van der Waals surface area contributed by atoms with Gasteiger partial charge in [0.1, 0.15) is 5.52 Å². The molecule has 4 nitrogen and oxygen atoms in total. The zero-order valence-electron chi connectivity index (χ0n) is 18.6. The molecule has 0 unspecified atom stereocenters. The largest absolute Gasteiger partial charge is 0.347 e. The number of H-pyrrole nitrogens is 1. The van der Waals surface area contributed by atoms with Crippen molar-refractivity contribution in [3.8, 4) is 0 Å². The SMILES string of the molecule is CN1C(=CC(=O)c2cc(N3CCCCC3)[nH+]c3ccccc23)C(C)(C)c2ccccc21. The minimum Gasteiger partial charge on any atom is -0.347 e. The van der Waals surface area contributed by atoms with Gasteiger partial charge in [-0.05, 0) is 43.0 Å². The number of anilines is 2. The second-order valence-electron chi connectivity index (χ2n) is 9.26. The molecule has 0 amide bonds. The third kappa shape index (κ3) is 3.31. The van der Waals surface area contributed by atoms with Crippen LogP contribution < -0.4 is 14.8 Å². The number of benzene rings is 2. The molecule has 1 saturated heterocycles. The number of hydrogen-bond donors (Lipinski definition) is 0. The fraction of sp³-hybridized carbons (Fsp3) is 0.333. The molecule has 1 aromatic heterocycles. The van der Waals surface area contributed by atoms with Crippen LogP contribution in [0.15, 0.2) is 66.4 Å². The summed E-state index contributed by atoms with van der Waals surface area (Å²) in [5, 5.41) is 0.973. The lowest BCUT2D eigenvalue weighted by atomic mass is 9.83. The fourth-order valence-corrected chi connectivity index (χ4v) is 5.19. The van der Waals surface area contributed by atoms with Crippen molar-refractivity contribution < 1.29 is 9.78 Å². The minimum absolute atomic E-state index is 0.0613. The quantitative estimate of drug-likeness (QED) is 0.442. The maximum atomic E-state index is 13.7. The van der Waals surface area contributed by atoms with Crippen molar-refractivity contribution in [3.63, 3.8) is 0 Å². The molecule has 4 heteroatoms. The summed E-state index contributed by atoms with van der Waals surface area (Å²) in [7, 11) is 2.06. The molecule has 158 valence electrons. The molecule has 2 aromatic carbocycles. The molecule has 3 heterocycles. The van der Waals surface area contributed by atoms with Gasteiger partial charge in [-0.15, -0.1) is 0 Å². The van der Waals surface area contributed by atoms with Crippen molar-refractivity contribution in [2.45, 2.75) is 38.5 Å². The number of aromatic amines is 1. The highest BCUT2D eigenvalue weighted by Crippen LogP contribution is 2.46. The van der Waals surface area contributed by atoms with Crippen LogP contribution in [0.4, 0.5) is 11.5 Å². The van der Waals surface area contributed by atoms with Crippen molar-refractivity contribution in [2.75, 3.05) is 29.9 Å². The Balaban J connectivity index is 1.60. The van der Waals surface area contributed by atoms with E-state index < -0.39 is 0 Å². The Kier molecular flexibility index (Phi) is 4.81. The highest BCUT2D eigenvalue weighted by molar-refractivity contribution is 6.13. The standard InChI is InChI=1S/C27H29N3O/c1-27(2)21-12-6-8-14-23(21)29(3)25(27)18-24(31)20-17-26(30-15-9-4-10-16-30)28-22-13-7-5-11-19(20)22/h5-8,11-14,17-18H,4,9-10,15-16H2,1-3H3/p+1. The first-order valence-corrected chi connectivity index (χ1v) is 11.3. The number of rotatable bonds is 3. The maximum Gasteiger partial charge on any atom is 0.275 e. The lowest BCUT2D eigenvalue weighted by Crippen LogP contribution is -2.34. The summed E-state index contributed by atoms with van der Waals surface area (Å²) in [6, 6.07) is 18.6. The second-order valence-corrected chi connectivity index (χ2v) is 9.26. The number of pyridine rings is 1. The fourth-order valence-electron chi connectivity index (χ4n) is 5.19. The number of ketones is 1. The second kappa shape index (κ2) is 7.52. The molecular formula is C27H30N3O+. The highest BCUT2D eigenvalue weighted by Gasteiger charge is 2.38. The number of aromatic nitrogens is 1. The Morgan fingerprint density at radius 3 is 2.48 bits per heavy atom. The predicted octanol–water partition coefficient (Wildman–Crippen LogP) is 5.14. The van der Waals surface area contributed by atoms with Gasteiger partial charge in [0.05, 0.1) is 13.1 Å². The molecule has 0 saturated carbocycles. The Morgan fingerprint density at radius 2 is 1.71 bits per heavy atom. The van der Waals surface area contributed by atoms with Gasteiger partial charge in [-0.3, -0.25) is 9.69 Å². The number of hydrogen-bond acceptors (Lipinski definition) is 3. The predicted molar refractivity (Wildman–Crippen MR) is 127 cm³/mol. The summed E-state index contributed by atoms with van der Waals surface area (Å²) >= 11 is 0. The number of piperidine rings is 1. The summed E-state index contributed by atoms with van der Waals surface area (Å²) in [4.78, 5) is 21.8. The number of nitrogens with one attached hydrogen (secondary N) is 1. The number of nitrogens with zero attached hydrogens (tertiary/aromatic N) is 2. The van der Waals surface area contributed by atoms with E-state index in [1.807, 2.05) is 24.3 Å². The number of likely N-dealkylation sites (N-methyl/N-ethyl adjacent to an activating group) is 1. The third-order valence-corrected chi connectivity index (χ3v) is 6.93. The van der Waals surface area contributed by atoms with Crippen LogP contribution in [0.1, 0.15) is 49.0 Å². The van der Waals surface area contributed by atoms with E-state index in [9.17, 15) is 4.79 Å². The van der Waals surface area contributed by atoms with Gasteiger partial charge in [-0.2, -0.15) is 0 Å². The molecule has 2 aliphatic rings. The van der Waals surface area contributed by atoms with Gasteiger partial charge in [-0.1, -0.05) is 44.2 Å². The van der Waals surface area contributed by atoms with E-state index in [1.165, 1.54) is 30.5 Å². The summed E-state index contributed by atoms with van der Waals surface area (Å²) in [6.07, 6.45) is 5.53. The van der Waals surface area contributed by atoms with E-state index in [1.54, 1.807) is 0 Å². The molecule has 0 atom stereocenters. The van der Waals surface area contributed by atoms with E-state index in [-0.39, 0.29) is 11.2 Å². The molecule has 0 radical (unpaired) electrons. The number of carbonyl (C=O) groups excluding carboxylic acids is 1. The minimum atomic E-state index is -0.215. The van der Waals surface area contributed by atoms with Crippen LogP contribution in [0.2, 0.25) is 0 Å². The molecule has 0 aliphatic carbocycles.